The number of ether oxygens (including phenoxy) is 1. The molecule has 2 aromatic heterocycles. The maximum atomic E-state index is 15.0. The quantitative estimate of drug-likeness (QED) is 0.179. The highest BCUT2D eigenvalue weighted by Gasteiger charge is 2.68. The lowest BCUT2D eigenvalue weighted by molar-refractivity contribution is -0.142. The average Bonchev–Trinajstić information content (AvgIpc) is 3.78. The number of carboxylic acids is 1. The maximum Gasteiger partial charge on any atom is 0.305 e. The van der Waals surface area contributed by atoms with E-state index in [4.69, 9.17) is 21.4 Å². The van der Waals surface area contributed by atoms with E-state index in [-0.39, 0.29) is 37.3 Å². The fraction of sp³-hybridized carbons (Fsp3) is 0.368. The first-order valence-electron chi connectivity index (χ1n) is 17.0. The molecule has 3 fully saturated rings. The van der Waals surface area contributed by atoms with Crippen molar-refractivity contribution in [2.45, 2.75) is 39.0 Å². The fourth-order valence-electron chi connectivity index (χ4n) is 9.20. The second kappa shape index (κ2) is 12.0. The number of aryl methyl sites for hydroxylation is 2. The number of anilines is 1. The number of aromatic hydroxyl groups is 1. The molecule has 2 saturated heterocycles. The summed E-state index contributed by atoms with van der Waals surface area (Å²) in [6.45, 7) is 3.53. The van der Waals surface area contributed by atoms with E-state index in [1.54, 1.807) is 43.5 Å². The van der Waals surface area contributed by atoms with Crippen molar-refractivity contribution in [3.05, 3.63) is 70.3 Å². The van der Waals surface area contributed by atoms with E-state index in [1.165, 1.54) is 22.8 Å². The Morgan fingerprint density at radius 3 is 2.58 bits per heavy atom. The van der Waals surface area contributed by atoms with E-state index in [0.717, 1.165) is 31.0 Å². The van der Waals surface area contributed by atoms with Gasteiger partial charge in [-0.25, -0.2) is 4.90 Å². The van der Waals surface area contributed by atoms with Gasteiger partial charge in [-0.1, -0.05) is 29.3 Å². The largest absolute Gasteiger partial charge is 0.504 e. The lowest BCUT2D eigenvalue weighted by atomic mass is 9.51. The zero-order chi connectivity index (χ0) is 37.0. The Hall–Kier alpha value is -5.01. The van der Waals surface area contributed by atoms with Gasteiger partial charge in [0, 0.05) is 35.3 Å². The number of imide groups is 2. The number of hydrogen-bond donors (Lipinski definition) is 2. The minimum atomic E-state index is -1.32. The van der Waals surface area contributed by atoms with E-state index in [0.29, 0.717) is 22.1 Å². The molecule has 2 N–H and O–H groups in total. The number of carbonyl (C=O) groups excluding carboxylic acids is 4. The number of methoxy groups -OCH3 is 1. The van der Waals surface area contributed by atoms with Crippen LogP contribution in [0.5, 0.6) is 11.5 Å². The molecule has 4 heterocycles. The second-order valence-electron chi connectivity index (χ2n) is 14.3. The standard InChI is InChI=1S/C38H35ClN4O8S/c1-17-22-14-19(39)6-10-28(22)52-33(17)25-16-29(41(3)40-25)43-35(48)24-15-23-20(7-8-21-31(23)36(49)42(34(21)47)12-11-30(45)46)32(38(24,2)37(43)50)18-5-9-26(44)27(13-18)51-4/h5-7,9-10,13-14,16,21,23-24,31-32,44H,8,11-12,15H2,1-4H3,(H,45,46)/t21-,23+,24-,31-,32-,38+/m0/s1. The molecule has 14 heteroatoms. The zero-order valence-electron chi connectivity index (χ0n) is 28.8. The molecule has 2 aliphatic carbocycles. The van der Waals surface area contributed by atoms with Crippen molar-refractivity contribution in [3.63, 3.8) is 0 Å². The van der Waals surface area contributed by atoms with Crippen LogP contribution in [0.25, 0.3) is 20.7 Å². The Morgan fingerprint density at radius 2 is 1.85 bits per heavy atom. The maximum absolute atomic E-state index is 15.0. The summed E-state index contributed by atoms with van der Waals surface area (Å²) in [4.78, 5) is 71.7. The number of fused-ring (bicyclic) bond motifs is 5. The molecule has 12 nitrogen and oxygen atoms in total. The number of aromatic nitrogens is 2. The number of likely N-dealkylation sites (tertiary alicyclic amines) is 1. The highest BCUT2D eigenvalue weighted by atomic mass is 35.5. The van der Waals surface area contributed by atoms with E-state index in [2.05, 4.69) is 0 Å². The van der Waals surface area contributed by atoms with Crippen LogP contribution in [0.4, 0.5) is 5.82 Å². The SMILES string of the molecule is COc1cc([C@H]2C3=CC[C@@H]4C(=O)N(CCC(=O)O)C(=O)[C@@H]4[C@@H]3C[C@H]3C(=O)N(c4cc(-c5sc6ccc(Cl)cc6c5C)nn4C)C(=O)[C@@]23C)ccc1O. The number of hydrogen-bond acceptors (Lipinski definition) is 9. The van der Waals surface area contributed by atoms with Crippen molar-refractivity contribution < 1.29 is 38.9 Å². The number of amides is 4. The number of carbonyl (C=O) groups is 5. The molecule has 0 unspecified atom stereocenters. The van der Waals surface area contributed by atoms with Crippen LogP contribution in [0.1, 0.15) is 43.2 Å². The van der Waals surface area contributed by atoms with Gasteiger partial charge in [-0.3, -0.25) is 33.6 Å². The molecule has 6 atom stereocenters. The van der Waals surface area contributed by atoms with Crippen molar-refractivity contribution in [3.8, 4) is 22.1 Å². The van der Waals surface area contributed by atoms with E-state index < -0.39 is 64.6 Å². The number of phenols is 1. The number of nitrogens with zero attached hydrogens (tertiary/aromatic N) is 4. The Balaban J connectivity index is 1.24. The molecular weight excluding hydrogens is 708 g/mol. The number of halogens is 1. The molecule has 2 aliphatic heterocycles. The third-order valence-corrected chi connectivity index (χ3v) is 13.2. The van der Waals surface area contributed by atoms with Gasteiger partial charge in [0.2, 0.25) is 23.6 Å². The summed E-state index contributed by atoms with van der Waals surface area (Å²) < 4.78 is 8.01. The van der Waals surface area contributed by atoms with E-state index >= 15 is 0 Å². The molecule has 8 rings (SSSR count). The Labute approximate surface area is 307 Å². The minimum Gasteiger partial charge on any atom is -0.504 e. The molecule has 4 aliphatic rings. The monoisotopic (exact) mass is 742 g/mol. The molecular formula is C38H35ClN4O8S. The number of carboxylic acid groups (broad SMARTS) is 1. The first kappa shape index (κ1) is 34.1. The van der Waals surface area contributed by atoms with Crippen LogP contribution in [0.15, 0.2) is 54.1 Å². The van der Waals surface area contributed by atoms with Crippen molar-refractivity contribution in [1.29, 1.82) is 0 Å². The summed E-state index contributed by atoms with van der Waals surface area (Å²) in [7, 11) is 3.11. The van der Waals surface area contributed by atoms with Gasteiger partial charge in [-0.15, -0.1) is 11.3 Å². The Bertz CT molecular complexity index is 2290. The summed E-state index contributed by atoms with van der Waals surface area (Å²) in [5, 5.41) is 26.2. The molecule has 2 aromatic carbocycles. The highest BCUT2D eigenvalue weighted by molar-refractivity contribution is 7.22. The lowest BCUT2D eigenvalue weighted by Crippen LogP contribution is -2.49. The van der Waals surface area contributed by atoms with E-state index in [1.807, 2.05) is 31.2 Å². The van der Waals surface area contributed by atoms with Crippen molar-refractivity contribution >= 4 is 68.4 Å². The summed E-state index contributed by atoms with van der Waals surface area (Å²) >= 11 is 7.83. The van der Waals surface area contributed by atoms with Gasteiger partial charge < -0.3 is 14.9 Å². The van der Waals surface area contributed by atoms with Crippen LogP contribution in [-0.2, 0) is 31.0 Å². The highest BCUT2D eigenvalue weighted by Crippen LogP contribution is 2.64. The number of allylic oxidation sites excluding steroid dienone is 2. The normalized spacial score (nSPS) is 26.9. The molecule has 4 amide bonds. The molecule has 268 valence electrons. The molecule has 4 aromatic rings. The van der Waals surface area contributed by atoms with Gasteiger partial charge in [0.1, 0.15) is 11.5 Å². The van der Waals surface area contributed by atoms with Gasteiger partial charge in [0.05, 0.1) is 41.6 Å². The first-order valence-corrected chi connectivity index (χ1v) is 18.2. The van der Waals surface area contributed by atoms with Crippen LogP contribution >= 0.6 is 22.9 Å². The number of benzene rings is 2. The molecule has 0 bridgehead atoms. The van der Waals surface area contributed by atoms with Crippen LogP contribution in [0.3, 0.4) is 0 Å². The second-order valence-corrected chi connectivity index (χ2v) is 15.8. The van der Waals surface area contributed by atoms with Gasteiger partial charge in [0.25, 0.3) is 0 Å². The first-order chi connectivity index (χ1) is 24.8. The van der Waals surface area contributed by atoms with Crippen molar-refractivity contribution in [1.82, 2.24) is 14.7 Å². The topological polar surface area (TPSA) is 159 Å². The number of thiophene rings is 1. The van der Waals surface area contributed by atoms with E-state index in [9.17, 15) is 34.2 Å². The summed E-state index contributed by atoms with van der Waals surface area (Å²) in [5.41, 5.74) is 1.64. The fourth-order valence-corrected chi connectivity index (χ4v) is 10.5. The third kappa shape index (κ3) is 4.78. The van der Waals surface area contributed by atoms with Crippen LogP contribution in [-0.4, -0.2) is 68.1 Å². The van der Waals surface area contributed by atoms with Crippen molar-refractivity contribution in [2.24, 2.45) is 36.1 Å². The number of aliphatic carboxylic acids is 1. The minimum absolute atomic E-state index is 0.0969. The lowest BCUT2D eigenvalue weighted by Gasteiger charge is -2.49. The summed E-state index contributed by atoms with van der Waals surface area (Å²) in [6.07, 6.45) is 1.92. The Kier molecular flexibility index (Phi) is 7.88. The van der Waals surface area contributed by atoms with Crippen LogP contribution in [0, 0.1) is 36.0 Å². The average molecular weight is 743 g/mol. The van der Waals surface area contributed by atoms with Gasteiger partial charge in [-0.05, 0) is 79.5 Å². The molecule has 0 spiro atoms. The van der Waals surface area contributed by atoms with Gasteiger partial charge in [-0.2, -0.15) is 5.10 Å². The molecule has 1 saturated carbocycles. The van der Waals surface area contributed by atoms with Gasteiger partial charge >= 0.3 is 5.97 Å². The molecule has 52 heavy (non-hydrogen) atoms. The van der Waals surface area contributed by atoms with Crippen LogP contribution < -0.4 is 9.64 Å². The number of rotatable bonds is 7. The van der Waals surface area contributed by atoms with Crippen molar-refractivity contribution in [2.75, 3.05) is 18.6 Å². The predicted molar refractivity (Wildman–Crippen MR) is 192 cm³/mol. The smallest absolute Gasteiger partial charge is 0.305 e. The van der Waals surface area contributed by atoms with Gasteiger partial charge in [0.15, 0.2) is 11.5 Å². The Morgan fingerprint density at radius 1 is 1.08 bits per heavy atom. The van der Waals surface area contributed by atoms with Crippen LogP contribution in [0.2, 0.25) is 5.02 Å². The third-order valence-electron chi connectivity index (χ3n) is 11.7. The predicted octanol–water partition coefficient (Wildman–Crippen LogP) is 5.68. The zero-order valence-corrected chi connectivity index (χ0v) is 30.3. The number of phenolic OH excluding ortho intramolecular Hbond substituents is 1. The molecule has 0 radical (unpaired) electrons. The summed E-state index contributed by atoms with van der Waals surface area (Å²) in [5.74, 6) is -6.13. The summed E-state index contributed by atoms with van der Waals surface area (Å²) in [6, 6.07) is 12.3.